The van der Waals surface area contributed by atoms with Crippen molar-refractivity contribution in [1.82, 2.24) is 24.8 Å². The van der Waals surface area contributed by atoms with Crippen LogP contribution in [0.25, 0.3) is 11.4 Å². The average molecular weight is 572 g/mol. The number of urea groups is 1. The highest BCUT2D eigenvalue weighted by Gasteiger charge is 2.22. The number of nitrogens with zero attached hydrogens (tertiary/aromatic N) is 7. The molecule has 42 heavy (non-hydrogen) atoms. The third-order valence-corrected chi connectivity index (χ3v) is 7.88. The lowest BCUT2D eigenvalue weighted by molar-refractivity contribution is 0.0664. The smallest absolute Gasteiger partial charge is 0.323 e. The zero-order valence-corrected chi connectivity index (χ0v) is 24.0. The van der Waals surface area contributed by atoms with Crippen LogP contribution in [0, 0.1) is 0 Å². The Labute approximate surface area is 245 Å². The molecule has 0 radical (unpaired) electrons. The number of rotatable bonds is 6. The van der Waals surface area contributed by atoms with Crippen molar-refractivity contribution < 1.29 is 14.3 Å². The Balaban J connectivity index is 1.09. The number of piperazine rings is 1. The van der Waals surface area contributed by atoms with Gasteiger partial charge in [-0.1, -0.05) is 0 Å². The Morgan fingerprint density at radius 3 is 1.83 bits per heavy atom. The Morgan fingerprint density at radius 2 is 1.24 bits per heavy atom. The van der Waals surface area contributed by atoms with Gasteiger partial charge in [-0.3, -0.25) is 4.79 Å². The van der Waals surface area contributed by atoms with Crippen LogP contribution in [0.1, 0.15) is 23.2 Å². The van der Waals surface area contributed by atoms with Crippen LogP contribution >= 0.6 is 0 Å². The molecule has 2 N–H and O–H groups in total. The van der Waals surface area contributed by atoms with Gasteiger partial charge in [0.1, 0.15) is 0 Å². The largest absolute Gasteiger partial charge is 0.378 e. The number of amides is 3. The number of likely N-dealkylation sites (N-methyl/N-ethyl adjacent to an activating group) is 1. The van der Waals surface area contributed by atoms with Crippen LogP contribution in [-0.4, -0.2) is 109 Å². The normalized spacial score (nSPS) is 17.8. The van der Waals surface area contributed by atoms with Gasteiger partial charge in [0.15, 0.2) is 5.82 Å². The van der Waals surface area contributed by atoms with Gasteiger partial charge in [-0.05, 0) is 68.4 Å². The van der Waals surface area contributed by atoms with Gasteiger partial charge >= 0.3 is 6.03 Å². The van der Waals surface area contributed by atoms with Crippen molar-refractivity contribution in [3.63, 3.8) is 0 Å². The van der Waals surface area contributed by atoms with E-state index in [1.165, 1.54) is 0 Å². The molecule has 0 spiro atoms. The second-order valence-corrected chi connectivity index (χ2v) is 10.9. The van der Waals surface area contributed by atoms with Gasteiger partial charge in [-0.25, -0.2) is 4.79 Å². The summed E-state index contributed by atoms with van der Waals surface area (Å²) in [5, 5.41) is 5.70. The summed E-state index contributed by atoms with van der Waals surface area (Å²) in [6.07, 6.45) is 2.27. The summed E-state index contributed by atoms with van der Waals surface area (Å²) in [6, 6.07) is 14.1. The van der Waals surface area contributed by atoms with E-state index in [2.05, 4.69) is 32.4 Å². The monoisotopic (exact) mass is 571 g/mol. The maximum Gasteiger partial charge on any atom is 0.323 e. The van der Waals surface area contributed by atoms with Gasteiger partial charge in [0, 0.05) is 74.9 Å². The van der Waals surface area contributed by atoms with Crippen molar-refractivity contribution in [2.75, 3.05) is 93.1 Å². The number of benzene rings is 2. The van der Waals surface area contributed by atoms with Crippen molar-refractivity contribution in [2.45, 2.75) is 12.8 Å². The van der Waals surface area contributed by atoms with Crippen LogP contribution < -0.4 is 20.4 Å². The fourth-order valence-corrected chi connectivity index (χ4v) is 5.33. The minimum absolute atomic E-state index is 0.0157. The number of ether oxygens (including phenoxy) is 1. The van der Waals surface area contributed by atoms with E-state index in [0.29, 0.717) is 47.9 Å². The SMILES string of the molecule is CN1CCN(C(=O)c2ccc(NC(=O)Nc3ccc(-c4nc(N5CCCC5)nc(N5CCOCC5)n4)cc3)cc2)CC1. The third-order valence-electron chi connectivity index (χ3n) is 7.88. The van der Waals surface area contributed by atoms with Gasteiger partial charge in [-0.2, -0.15) is 15.0 Å². The minimum Gasteiger partial charge on any atom is -0.378 e. The maximum atomic E-state index is 12.8. The summed E-state index contributed by atoms with van der Waals surface area (Å²) in [5.74, 6) is 2.00. The first-order valence-corrected chi connectivity index (χ1v) is 14.6. The summed E-state index contributed by atoms with van der Waals surface area (Å²) in [6.45, 7) is 7.87. The Kier molecular flexibility index (Phi) is 8.42. The molecule has 2 aromatic carbocycles. The standard InChI is InChI=1S/C30H37N9O3/c1-36-14-16-37(17-15-36)27(40)23-6-10-25(11-7-23)32-30(41)31-24-8-4-22(5-9-24)26-33-28(38-12-2-3-13-38)35-29(34-26)39-18-20-42-21-19-39/h4-11H,2-3,12-21H2,1H3,(H2,31,32,41). The summed E-state index contributed by atoms with van der Waals surface area (Å²) in [5.41, 5.74) is 2.71. The van der Waals surface area contributed by atoms with E-state index in [0.717, 1.165) is 70.8 Å². The van der Waals surface area contributed by atoms with Crippen molar-refractivity contribution in [3.05, 3.63) is 54.1 Å². The molecule has 1 aromatic heterocycles. The van der Waals surface area contributed by atoms with Crippen LogP contribution in [0.2, 0.25) is 0 Å². The summed E-state index contributed by atoms with van der Waals surface area (Å²) in [4.78, 5) is 48.3. The third kappa shape index (κ3) is 6.60. The number of anilines is 4. The predicted molar refractivity (Wildman–Crippen MR) is 162 cm³/mol. The number of hydrogen-bond acceptors (Lipinski definition) is 9. The number of carbonyl (C=O) groups is 2. The molecule has 0 saturated carbocycles. The Morgan fingerprint density at radius 1 is 0.690 bits per heavy atom. The van der Waals surface area contributed by atoms with E-state index < -0.39 is 0 Å². The molecule has 3 fully saturated rings. The fraction of sp³-hybridized carbons (Fsp3) is 0.433. The zero-order valence-electron chi connectivity index (χ0n) is 24.0. The van der Waals surface area contributed by atoms with Crippen LogP contribution in [0.5, 0.6) is 0 Å². The van der Waals surface area contributed by atoms with Crippen molar-refractivity contribution >= 4 is 35.2 Å². The highest BCUT2D eigenvalue weighted by molar-refractivity contribution is 6.00. The van der Waals surface area contributed by atoms with Crippen molar-refractivity contribution in [3.8, 4) is 11.4 Å². The highest BCUT2D eigenvalue weighted by atomic mass is 16.5. The number of carbonyl (C=O) groups excluding carboxylic acids is 2. The van der Waals surface area contributed by atoms with E-state index >= 15 is 0 Å². The summed E-state index contributed by atoms with van der Waals surface area (Å²) >= 11 is 0. The molecule has 3 amide bonds. The molecular weight excluding hydrogens is 534 g/mol. The quantitative estimate of drug-likeness (QED) is 0.460. The number of morpholine rings is 1. The molecule has 3 aliphatic heterocycles. The van der Waals surface area contributed by atoms with E-state index in [-0.39, 0.29) is 11.9 Å². The molecule has 12 heteroatoms. The highest BCUT2D eigenvalue weighted by Crippen LogP contribution is 2.25. The predicted octanol–water partition coefficient (Wildman–Crippen LogP) is 3.01. The van der Waals surface area contributed by atoms with Crippen LogP contribution in [-0.2, 0) is 4.74 Å². The second kappa shape index (κ2) is 12.7. The molecule has 0 atom stereocenters. The average Bonchev–Trinajstić information content (AvgIpc) is 3.58. The lowest BCUT2D eigenvalue weighted by Gasteiger charge is -2.32. The molecule has 4 heterocycles. The van der Waals surface area contributed by atoms with Crippen molar-refractivity contribution in [2.24, 2.45) is 0 Å². The van der Waals surface area contributed by atoms with E-state index in [1.807, 2.05) is 29.2 Å². The molecule has 0 bridgehead atoms. The van der Waals surface area contributed by atoms with Crippen molar-refractivity contribution in [1.29, 1.82) is 0 Å². The van der Waals surface area contributed by atoms with Gasteiger partial charge in [0.05, 0.1) is 13.2 Å². The lowest BCUT2D eigenvalue weighted by atomic mass is 10.1. The first kappa shape index (κ1) is 27.9. The number of aromatic nitrogens is 3. The molecule has 220 valence electrons. The van der Waals surface area contributed by atoms with E-state index in [9.17, 15) is 9.59 Å². The van der Waals surface area contributed by atoms with Gasteiger partial charge in [0.2, 0.25) is 11.9 Å². The Hall–Kier alpha value is -4.29. The van der Waals surface area contributed by atoms with E-state index in [4.69, 9.17) is 19.7 Å². The van der Waals surface area contributed by atoms with Gasteiger partial charge < -0.3 is 35.0 Å². The molecule has 3 aliphatic rings. The fourth-order valence-electron chi connectivity index (χ4n) is 5.33. The topological polar surface area (TPSA) is 119 Å². The molecule has 12 nitrogen and oxygen atoms in total. The first-order chi connectivity index (χ1) is 20.5. The summed E-state index contributed by atoms with van der Waals surface area (Å²) < 4.78 is 5.51. The Bertz CT molecular complexity index is 1380. The minimum atomic E-state index is -0.369. The number of nitrogens with one attached hydrogen (secondary N) is 2. The molecular formula is C30H37N9O3. The van der Waals surface area contributed by atoms with E-state index in [1.54, 1.807) is 24.3 Å². The molecule has 0 unspecified atom stereocenters. The molecule has 3 aromatic rings. The lowest BCUT2D eigenvalue weighted by Crippen LogP contribution is -2.47. The molecule has 3 saturated heterocycles. The van der Waals surface area contributed by atoms with Crippen LogP contribution in [0.3, 0.4) is 0 Å². The van der Waals surface area contributed by atoms with Crippen LogP contribution in [0.4, 0.5) is 28.1 Å². The van der Waals surface area contributed by atoms with Gasteiger partial charge in [-0.15, -0.1) is 0 Å². The number of hydrogen-bond donors (Lipinski definition) is 2. The second-order valence-electron chi connectivity index (χ2n) is 10.9. The zero-order chi connectivity index (χ0) is 28.9. The maximum absolute atomic E-state index is 12.8. The summed E-state index contributed by atoms with van der Waals surface area (Å²) in [7, 11) is 2.06. The molecule has 6 rings (SSSR count). The first-order valence-electron chi connectivity index (χ1n) is 14.6. The molecule has 0 aliphatic carbocycles. The van der Waals surface area contributed by atoms with Crippen LogP contribution in [0.15, 0.2) is 48.5 Å². The van der Waals surface area contributed by atoms with Gasteiger partial charge in [0.25, 0.3) is 5.91 Å².